The van der Waals surface area contributed by atoms with Crippen molar-refractivity contribution in [1.82, 2.24) is 5.32 Å². The monoisotopic (exact) mass is 376 g/mol. The first kappa shape index (κ1) is 19.8. The van der Waals surface area contributed by atoms with Crippen LogP contribution < -0.4 is 14.8 Å². The second-order valence-corrected chi connectivity index (χ2v) is 7.85. The minimum atomic E-state index is -3.41. The van der Waals surface area contributed by atoms with Crippen LogP contribution in [0.1, 0.15) is 41.4 Å². The normalized spacial score (nSPS) is 12.3. The fourth-order valence-electron chi connectivity index (χ4n) is 2.48. The molecule has 0 spiro atoms. The van der Waals surface area contributed by atoms with Gasteiger partial charge in [-0.25, -0.2) is 8.42 Å². The molecule has 6 nitrogen and oxygen atoms in total. The number of aryl methyl sites for hydroxylation is 1. The molecule has 26 heavy (non-hydrogen) atoms. The van der Waals surface area contributed by atoms with Gasteiger partial charge in [0.2, 0.25) is 10.0 Å². The van der Waals surface area contributed by atoms with Crippen LogP contribution in [0.15, 0.2) is 42.5 Å². The van der Waals surface area contributed by atoms with Crippen LogP contribution in [0, 0.1) is 6.92 Å². The zero-order valence-electron chi connectivity index (χ0n) is 15.4. The lowest BCUT2D eigenvalue weighted by molar-refractivity contribution is 0.0940. The molecule has 2 aromatic carbocycles. The van der Waals surface area contributed by atoms with Crippen molar-refractivity contribution in [3.8, 4) is 5.75 Å². The first-order chi connectivity index (χ1) is 12.2. The molecule has 0 aliphatic rings. The number of anilines is 1. The number of hydrogen-bond donors (Lipinski definition) is 2. The Balaban J connectivity index is 2.16. The summed E-state index contributed by atoms with van der Waals surface area (Å²) in [4.78, 5) is 12.5. The summed E-state index contributed by atoms with van der Waals surface area (Å²) in [6.07, 6.45) is 1.08. The zero-order valence-corrected chi connectivity index (χ0v) is 16.2. The second-order valence-electron chi connectivity index (χ2n) is 6.10. The summed E-state index contributed by atoms with van der Waals surface area (Å²) in [7, 11) is -3.41. The summed E-state index contributed by atoms with van der Waals surface area (Å²) in [5.74, 6) is 0.469. The Labute approximate surface area is 154 Å². The fourth-order valence-corrected chi connectivity index (χ4v) is 3.10. The summed E-state index contributed by atoms with van der Waals surface area (Å²) in [5.41, 5.74) is 2.44. The molecule has 0 aliphatic carbocycles. The van der Waals surface area contributed by atoms with Crippen LogP contribution in [0.2, 0.25) is 0 Å². The number of ether oxygens (including phenoxy) is 1. The summed E-state index contributed by atoms with van der Waals surface area (Å²) in [6, 6.07) is 12.2. The maximum absolute atomic E-state index is 12.5. The van der Waals surface area contributed by atoms with Gasteiger partial charge in [-0.3, -0.25) is 9.52 Å². The van der Waals surface area contributed by atoms with Gasteiger partial charge in [0.05, 0.1) is 24.6 Å². The Morgan fingerprint density at radius 2 is 1.92 bits per heavy atom. The van der Waals surface area contributed by atoms with Crippen LogP contribution in [-0.2, 0) is 10.0 Å². The van der Waals surface area contributed by atoms with Crippen LogP contribution >= 0.6 is 0 Å². The molecule has 0 aliphatic heterocycles. The molecule has 140 valence electrons. The third kappa shape index (κ3) is 5.49. The molecule has 0 bridgehead atoms. The lowest BCUT2D eigenvalue weighted by Crippen LogP contribution is -2.26. The predicted molar refractivity (Wildman–Crippen MR) is 103 cm³/mol. The average molecular weight is 376 g/mol. The van der Waals surface area contributed by atoms with E-state index in [1.54, 1.807) is 19.1 Å². The van der Waals surface area contributed by atoms with Crippen LogP contribution in [0.25, 0.3) is 0 Å². The van der Waals surface area contributed by atoms with Crippen molar-refractivity contribution < 1.29 is 17.9 Å². The van der Waals surface area contributed by atoms with E-state index in [1.807, 2.05) is 38.1 Å². The molecule has 0 unspecified atom stereocenters. The van der Waals surface area contributed by atoms with Gasteiger partial charge >= 0.3 is 0 Å². The van der Waals surface area contributed by atoms with Crippen LogP contribution in [-0.4, -0.2) is 27.2 Å². The van der Waals surface area contributed by atoms with E-state index in [1.165, 1.54) is 6.07 Å². The van der Waals surface area contributed by atoms with Gasteiger partial charge in [-0.1, -0.05) is 18.2 Å². The number of carbonyl (C=O) groups excluding carboxylic acids is 1. The molecule has 0 saturated heterocycles. The zero-order chi connectivity index (χ0) is 19.3. The third-order valence-corrected chi connectivity index (χ3v) is 4.40. The minimum absolute atomic E-state index is 0.226. The molecular weight excluding hydrogens is 352 g/mol. The molecule has 2 aromatic rings. The topological polar surface area (TPSA) is 84.5 Å². The molecular formula is C19H24N2O4S. The first-order valence-electron chi connectivity index (χ1n) is 8.31. The molecule has 0 saturated carbocycles. The molecule has 2 rings (SSSR count). The van der Waals surface area contributed by atoms with E-state index in [-0.39, 0.29) is 11.9 Å². The number of benzene rings is 2. The largest absolute Gasteiger partial charge is 0.494 e. The van der Waals surface area contributed by atoms with Crippen LogP contribution in [0.3, 0.4) is 0 Å². The smallest absolute Gasteiger partial charge is 0.251 e. The maximum atomic E-state index is 12.5. The van der Waals surface area contributed by atoms with Crippen molar-refractivity contribution in [3.63, 3.8) is 0 Å². The van der Waals surface area contributed by atoms with Crippen molar-refractivity contribution >= 4 is 21.6 Å². The number of rotatable bonds is 7. The lowest BCUT2D eigenvalue weighted by Gasteiger charge is -2.16. The van der Waals surface area contributed by atoms with Gasteiger partial charge in [-0.15, -0.1) is 0 Å². The van der Waals surface area contributed by atoms with Gasteiger partial charge in [0, 0.05) is 5.56 Å². The molecule has 1 atom stereocenters. The number of carbonyl (C=O) groups is 1. The Morgan fingerprint density at radius 1 is 1.19 bits per heavy atom. The van der Waals surface area contributed by atoms with Gasteiger partial charge in [0.1, 0.15) is 5.75 Å². The summed E-state index contributed by atoms with van der Waals surface area (Å²) >= 11 is 0. The maximum Gasteiger partial charge on any atom is 0.251 e. The van der Waals surface area contributed by atoms with E-state index in [0.717, 1.165) is 23.1 Å². The Bertz CT molecular complexity index is 894. The summed E-state index contributed by atoms with van der Waals surface area (Å²) in [5, 5.41) is 2.92. The molecule has 0 fully saturated rings. The van der Waals surface area contributed by atoms with Crippen molar-refractivity contribution in [3.05, 3.63) is 59.2 Å². The van der Waals surface area contributed by atoms with E-state index >= 15 is 0 Å². The van der Waals surface area contributed by atoms with Crippen molar-refractivity contribution in [2.45, 2.75) is 26.8 Å². The highest BCUT2D eigenvalue weighted by Crippen LogP contribution is 2.21. The van der Waals surface area contributed by atoms with E-state index < -0.39 is 10.0 Å². The van der Waals surface area contributed by atoms with Crippen molar-refractivity contribution in [2.75, 3.05) is 17.6 Å². The number of hydrogen-bond acceptors (Lipinski definition) is 4. The van der Waals surface area contributed by atoms with Crippen molar-refractivity contribution in [2.24, 2.45) is 0 Å². The lowest BCUT2D eigenvalue weighted by atomic mass is 10.1. The number of amides is 1. The van der Waals surface area contributed by atoms with E-state index in [2.05, 4.69) is 10.0 Å². The Hall–Kier alpha value is -2.54. The third-order valence-electron chi connectivity index (χ3n) is 3.81. The van der Waals surface area contributed by atoms with Crippen molar-refractivity contribution in [1.29, 1.82) is 0 Å². The Kier molecular flexibility index (Phi) is 6.26. The van der Waals surface area contributed by atoms with Gasteiger partial charge in [0.15, 0.2) is 0 Å². The standard InChI is InChI=1S/C19H24N2O4S/c1-5-25-17-8-6-7-15(11-17)14(3)20-19(22)16-10-9-13(2)18(12-16)21-26(4,23)24/h6-12,14,21H,5H2,1-4H3,(H,20,22)/t14-/m1/s1. The molecule has 0 aromatic heterocycles. The molecule has 7 heteroatoms. The SMILES string of the molecule is CCOc1cccc([C@@H](C)NC(=O)c2ccc(C)c(NS(C)(=O)=O)c2)c1. The van der Waals surface area contributed by atoms with E-state index in [4.69, 9.17) is 4.74 Å². The predicted octanol–water partition coefficient (Wildman–Crippen LogP) is 3.26. The molecule has 0 heterocycles. The van der Waals surface area contributed by atoms with Crippen LogP contribution in [0.4, 0.5) is 5.69 Å². The molecule has 1 amide bonds. The highest BCUT2D eigenvalue weighted by atomic mass is 32.2. The summed E-state index contributed by atoms with van der Waals surface area (Å²) < 4.78 is 30.8. The van der Waals surface area contributed by atoms with Gasteiger partial charge in [0.25, 0.3) is 5.91 Å². The minimum Gasteiger partial charge on any atom is -0.494 e. The average Bonchev–Trinajstić information content (AvgIpc) is 2.56. The fraction of sp³-hybridized carbons (Fsp3) is 0.316. The van der Waals surface area contributed by atoms with E-state index in [9.17, 15) is 13.2 Å². The number of sulfonamides is 1. The van der Waals surface area contributed by atoms with Gasteiger partial charge in [-0.2, -0.15) is 0 Å². The number of nitrogens with one attached hydrogen (secondary N) is 2. The highest BCUT2D eigenvalue weighted by molar-refractivity contribution is 7.92. The molecule has 2 N–H and O–H groups in total. The van der Waals surface area contributed by atoms with E-state index in [0.29, 0.717) is 17.9 Å². The molecule has 0 radical (unpaired) electrons. The van der Waals surface area contributed by atoms with Gasteiger partial charge < -0.3 is 10.1 Å². The quantitative estimate of drug-likeness (QED) is 0.777. The highest BCUT2D eigenvalue weighted by Gasteiger charge is 2.14. The van der Waals surface area contributed by atoms with Gasteiger partial charge in [-0.05, 0) is 56.2 Å². The second kappa shape index (κ2) is 8.23. The Morgan fingerprint density at radius 3 is 2.58 bits per heavy atom. The first-order valence-corrected chi connectivity index (χ1v) is 10.2. The summed E-state index contributed by atoms with van der Waals surface area (Å²) in [6.45, 7) is 6.14. The van der Waals surface area contributed by atoms with Crippen LogP contribution in [0.5, 0.6) is 5.75 Å².